The van der Waals surface area contributed by atoms with Crippen LogP contribution in [0.15, 0.2) is 24.4 Å². The number of carboxylic acid groups (broad SMARTS) is 1. The lowest BCUT2D eigenvalue weighted by atomic mass is 9.96. The number of rotatable bonds is 5. The highest BCUT2D eigenvalue weighted by Gasteiger charge is 2.38. The van der Waals surface area contributed by atoms with Crippen LogP contribution in [-0.2, 0) is 4.79 Å². The number of fused-ring (bicyclic) bond motifs is 1. The Bertz CT molecular complexity index is 1300. The third-order valence-electron chi connectivity index (χ3n) is 7.23. The van der Waals surface area contributed by atoms with Crippen molar-refractivity contribution in [3.8, 4) is 0 Å². The first-order valence-electron chi connectivity index (χ1n) is 12.9. The van der Waals surface area contributed by atoms with Crippen LogP contribution in [0.4, 0.5) is 19.0 Å². The quantitative estimate of drug-likeness (QED) is 0.392. The maximum Gasteiger partial charge on any atom is 0.490 e. The SMILES string of the molecule is Cc1nn(C(C)c2ccc(Cl)cc2Cl)c2nc(N3CCC(CN4CCCC4)CC3)cnc12.O=C(O)C(F)(F)F. The molecule has 2 fully saturated rings. The van der Waals surface area contributed by atoms with E-state index in [0.29, 0.717) is 10.0 Å². The molecule has 1 unspecified atom stereocenters. The number of carboxylic acids is 1. The maximum absolute atomic E-state index is 10.6. The number of likely N-dealkylation sites (tertiary alicyclic amines) is 1. The van der Waals surface area contributed by atoms with Crippen LogP contribution in [0.1, 0.15) is 49.9 Å². The largest absolute Gasteiger partial charge is 0.490 e. The summed E-state index contributed by atoms with van der Waals surface area (Å²) in [6, 6.07) is 5.52. The van der Waals surface area contributed by atoms with E-state index in [0.717, 1.165) is 47.2 Å². The standard InChI is InChI=1S/C24H30Cl2N6.C2HF3O2/c1-16-23-24(32(29-16)17(2)20-6-5-19(25)13-21(20)26)28-22(14-27-23)31-11-7-18(8-12-31)15-30-9-3-4-10-30;3-2(4,5)1(6)7/h5-6,13-14,17-18H,3-4,7-12,15H2,1-2H3;(H,6,7). The second-order valence-corrected chi connectivity index (χ2v) is 10.9. The molecule has 0 saturated carbocycles. The summed E-state index contributed by atoms with van der Waals surface area (Å²) in [7, 11) is 0. The van der Waals surface area contributed by atoms with Gasteiger partial charge in [-0.2, -0.15) is 18.3 Å². The van der Waals surface area contributed by atoms with Crippen molar-refractivity contribution in [2.45, 2.75) is 51.7 Å². The average molecular weight is 587 g/mol. The van der Waals surface area contributed by atoms with Crippen LogP contribution in [0.3, 0.4) is 0 Å². The molecule has 8 nitrogen and oxygen atoms in total. The highest BCUT2D eigenvalue weighted by Crippen LogP contribution is 2.31. The van der Waals surface area contributed by atoms with Crippen LogP contribution in [0.25, 0.3) is 11.2 Å². The third-order valence-corrected chi connectivity index (χ3v) is 7.80. The van der Waals surface area contributed by atoms with Crippen molar-refractivity contribution in [2.75, 3.05) is 37.6 Å². The van der Waals surface area contributed by atoms with Gasteiger partial charge in [0.05, 0.1) is 17.9 Å². The number of carbonyl (C=O) groups is 1. The minimum absolute atomic E-state index is 0.0771. The first-order valence-corrected chi connectivity index (χ1v) is 13.6. The van der Waals surface area contributed by atoms with Crippen molar-refractivity contribution >= 4 is 46.2 Å². The molecule has 0 bridgehead atoms. The summed E-state index contributed by atoms with van der Waals surface area (Å²) in [6.45, 7) is 9.94. The number of alkyl halides is 3. The molecular weight excluding hydrogens is 556 g/mol. The highest BCUT2D eigenvalue weighted by atomic mass is 35.5. The average Bonchev–Trinajstić information content (AvgIpc) is 3.51. The maximum atomic E-state index is 10.6. The predicted molar refractivity (Wildman–Crippen MR) is 145 cm³/mol. The fourth-order valence-electron chi connectivity index (χ4n) is 5.11. The highest BCUT2D eigenvalue weighted by molar-refractivity contribution is 6.35. The van der Waals surface area contributed by atoms with Crippen LogP contribution in [0, 0.1) is 12.8 Å². The van der Waals surface area contributed by atoms with Crippen molar-refractivity contribution in [3.63, 3.8) is 0 Å². The fraction of sp³-hybridized carbons (Fsp3) is 0.538. The number of benzene rings is 1. The van der Waals surface area contributed by atoms with Gasteiger partial charge in [-0.25, -0.2) is 19.4 Å². The molecule has 13 heteroatoms. The molecule has 0 radical (unpaired) electrons. The van der Waals surface area contributed by atoms with E-state index in [1.165, 1.54) is 45.3 Å². The first kappa shape index (κ1) is 29.4. The molecule has 0 aliphatic carbocycles. The molecule has 2 aliphatic heterocycles. The Morgan fingerprint density at radius 1 is 1.15 bits per heavy atom. The van der Waals surface area contributed by atoms with E-state index in [1.54, 1.807) is 6.07 Å². The van der Waals surface area contributed by atoms with Gasteiger partial charge in [0.1, 0.15) is 11.3 Å². The van der Waals surface area contributed by atoms with Gasteiger partial charge in [-0.15, -0.1) is 0 Å². The minimum atomic E-state index is -5.08. The van der Waals surface area contributed by atoms with Crippen LogP contribution in [0.5, 0.6) is 0 Å². The van der Waals surface area contributed by atoms with E-state index < -0.39 is 12.1 Å². The van der Waals surface area contributed by atoms with Crippen molar-refractivity contribution in [2.24, 2.45) is 5.92 Å². The van der Waals surface area contributed by atoms with Crippen LogP contribution in [0.2, 0.25) is 10.0 Å². The molecule has 39 heavy (non-hydrogen) atoms. The number of piperidine rings is 1. The number of anilines is 1. The summed E-state index contributed by atoms with van der Waals surface area (Å²) >= 11 is 12.6. The Morgan fingerprint density at radius 2 is 1.79 bits per heavy atom. The van der Waals surface area contributed by atoms with E-state index in [9.17, 15) is 13.2 Å². The fourth-order valence-corrected chi connectivity index (χ4v) is 5.68. The summed E-state index contributed by atoms with van der Waals surface area (Å²) < 4.78 is 33.7. The molecule has 3 aromatic rings. The number of aryl methyl sites for hydroxylation is 1. The Kier molecular flexibility index (Phi) is 9.23. The van der Waals surface area contributed by atoms with E-state index in [-0.39, 0.29) is 6.04 Å². The van der Waals surface area contributed by atoms with Crippen molar-refractivity contribution < 1.29 is 23.1 Å². The van der Waals surface area contributed by atoms with Gasteiger partial charge in [-0.3, -0.25) is 0 Å². The second-order valence-electron chi connectivity index (χ2n) is 10.0. The Balaban J connectivity index is 0.000000448. The molecular formula is C26H31Cl2F3N6O2. The number of hydrogen-bond donors (Lipinski definition) is 1. The molecule has 5 rings (SSSR count). The molecule has 0 spiro atoms. The van der Waals surface area contributed by atoms with Gasteiger partial charge >= 0.3 is 12.1 Å². The zero-order valence-electron chi connectivity index (χ0n) is 21.8. The normalized spacial score (nSPS) is 17.8. The molecule has 1 atom stereocenters. The zero-order valence-corrected chi connectivity index (χ0v) is 23.3. The van der Waals surface area contributed by atoms with E-state index in [4.69, 9.17) is 48.2 Å². The lowest BCUT2D eigenvalue weighted by Gasteiger charge is -2.34. The first-order chi connectivity index (χ1) is 18.4. The Hall–Kier alpha value is -2.63. The van der Waals surface area contributed by atoms with Gasteiger partial charge in [0, 0.05) is 29.7 Å². The summed E-state index contributed by atoms with van der Waals surface area (Å²) in [5, 5.41) is 13.1. The van der Waals surface area contributed by atoms with Gasteiger partial charge in [0.2, 0.25) is 0 Å². The summed E-state index contributed by atoms with van der Waals surface area (Å²) in [4.78, 5) is 23.7. The minimum Gasteiger partial charge on any atom is -0.475 e. The zero-order chi connectivity index (χ0) is 28.3. The van der Waals surface area contributed by atoms with Crippen molar-refractivity contribution in [1.82, 2.24) is 24.6 Å². The summed E-state index contributed by atoms with van der Waals surface area (Å²) in [6.07, 6.45) is 1.97. The van der Waals surface area contributed by atoms with Gasteiger partial charge in [-0.1, -0.05) is 29.3 Å². The smallest absolute Gasteiger partial charge is 0.475 e. The van der Waals surface area contributed by atoms with Crippen molar-refractivity contribution in [3.05, 3.63) is 45.7 Å². The Labute approximate surface area is 234 Å². The molecule has 2 aliphatic rings. The number of hydrogen-bond acceptors (Lipinski definition) is 6. The lowest BCUT2D eigenvalue weighted by molar-refractivity contribution is -0.192. The summed E-state index contributed by atoms with van der Waals surface area (Å²) in [5.74, 6) is -1.03. The van der Waals surface area contributed by atoms with Crippen LogP contribution < -0.4 is 4.90 Å². The topological polar surface area (TPSA) is 87.4 Å². The monoisotopic (exact) mass is 586 g/mol. The van der Waals surface area contributed by atoms with Crippen molar-refractivity contribution in [1.29, 1.82) is 0 Å². The molecule has 2 aromatic heterocycles. The Morgan fingerprint density at radius 3 is 2.38 bits per heavy atom. The molecule has 0 amide bonds. The molecule has 4 heterocycles. The van der Waals surface area contributed by atoms with Crippen LogP contribution in [-0.4, -0.2) is 74.6 Å². The van der Waals surface area contributed by atoms with Gasteiger partial charge in [0.25, 0.3) is 0 Å². The second kappa shape index (κ2) is 12.3. The van der Waals surface area contributed by atoms with E-state index in [1.807, 2.05) is 29.9 Å². The lowest BCUT2D eigenvalue weighted by Crippen LogP contribution is -2.38. The van der Waals surface area contributed by atoms with E-state index >= 15 is 0 Å². The van der Waals surface area contributed by atoms with Gasteiger partial charge in [-0.05, 0) is 76.2 Å². The molecule has 212 valence electrons. The third kappa shape index (κ3) is 7.12. The number of aliphatic carboxylic acids is 1. The van der Waals surface area contributed by atoms with Gasteiger partial charge in [0.15, 0.2) is 5.65 Å². The van der Waals surface area contributed by atoms with Crippen LogP contribution >= 0.6 is 23.2 Å². The predicted octanol–water partition coefficient (Wildman–Crippen LogP) is 6.00. The molecule has 1 aromatic carbocycles. The van der Waals surface area contributed by atoms with E-state index in [2.05, 4.69) is 16.7 Å². The molecule has 2 saturated heterocycles. The number of halogens is 5. The number of nitrogens with zero attached hydrogens (tertiary/aromatic N) is 6. The van der Waals surface area contributed by atoms with Gasteiger partial charge < -0.3 is 14.9 Å². The number of aromatic nitrogens is 4. The summed E-state index contributed by atoms with van der Waals surface area (Å²) in [5.41, 5.74) is 3.49. The molecule has 1 N–H and O–H groups in total.